The zero-order valence-electron chi connectivity index (χ0n) is 24.2. The van der Waals surface area contributed by atoms with Crippen molar-refractivity contribution in [1.29, 1.82) is 0 Å². The Morgan fingerprint density at radius 2 is 1.88 bits per heavy atom. The van der Waals surface area contributed by atoms with E-state index in [1.807, 2.05) is 26.0 Å². The van der Waals surface area contributed by atoms with Crippen LogP contribution in [0.25, 0.3) is 22.4 Å². The average Bonchev–Trinajstić information content (AvgIpc) is 3.31. The molecule has 1 aliphatic heterocycles. The van der Waals surface area contributed by atoms with Gasteiger partial charge in [-0.1, -0.05) is 13.3 Å². The highest BCUT2D eigenvalue weighted by atomic mass is 32.2. The summed E-state index contributed by atoms with van der Waals surface area (Å²) in [7, 11) is -2.25. The number of nitrogens with one attached hydrogen (secondary N) is 1. The van der Waals surface area contributed by atoms with Crippen LogP contribution in [0.5, 0.6) is 5.75 Å². The Balaban J connectivity index is 1.56. The van der Waals surface area contributed by atoms with Crippen molar-refractivity contribution in [2.24, 2.45) is 7.05 Å². The number of aromatic amines is 1. The average molecular weight is 596 g/mol. The Morgan fingerprint density at radius 3 is 2.60 bits per heavy atom. The van der Waals surface area contributed by atoms with Crippen LogP contribution in [-0.4, -0.2) is 88.4 Å². The van der Waals surface area contributed by atoms with E-state index in [1.54, 1.807) is 31.6 Å². The van der Waals surface area contributed by atoms with Crippen molar-refractivity contribution in [2.75, 3.05) is 46.0 Å². The number of pyridine rings is 1. The smallest absolute Gasteiger partial charge is 0.277 e. The van der Waals surface area contributed by atoms with Gasteiger partial charge in [0.1, 0.15) is 17.1 Å². The number of rotatable bonds is 12. The zero-order valence-corrected chi connectivity index (χ0v) is 25.1. The van der Waals surface area contributed by atoms with Gasteiger partial charge < -0.3 is 14.5 Å². The summed E-state index contributed by atoms with van der Waals surface area (Å²) in [5, 5.41) is 4.50. The topological polar surface area (TPSA) is 136 Å². The molecule has 0 bridgehead atoms. The lowest BCUT2D eigenvalue weighted by Gasteiger charge is -2.30. The minimum Gasteiger partial charge on any atom is -0.493 e. The summed E-state index contributed by atoms with van der Waals surface area (Å²) in [6.07, 6.45) is 4.81. The number of hydrogen-bond acceptors (Lipinski definition) is 9. The molecule has 5 rings (SSSR count). The molecule has 1 N–H and O–H groups in total. The maximum Gasteiger partial charge on any atom is 0.277 e. The van der Waals surface area contributed by atoms with Crippen molar-refractivity contribution < 1.29 is 17.9 Å². The van der Waals surface area contributed by atoms with Gasteiger partial charge in [-0.05, 0) is 49.2 Å². The normalized spacial score (nSPS) is 14.6. The molecule has 224 valence electrons. The number of benzene rings is 1. The van der Waals surface area contributed by atoms with Crippen molar-refractivity contribution in [3.8, 4) is 17.1 Å². The number of fused-ring (bicyclic) bond motifs is 1. The van der Waals surface area contributed by atoms with Gasteiger partial charge in [0, 0.05) is 52.2 Å². The molecule has 4 aromatic rings. The first kappa shape index (κ1) is 29.8. The maximum absolute atomic E-state index is 14.2. The second-order valence-corrected chi connectivity index (χ2v) is 12.1. The summed E-state index contributed by atoms with van der Waals surface area (Å²) in [5.74, 6) is 0.654. The van der Waals surface area contributed by atoms with Crippen LogP contribution in [0.15, 0.2) is 52.4 Å². The van der Waals surface area contributed by atoms with E-state index in [0.717, 1.165) is 30.8 Å². The van der Waals surface area contributed by atoms with Crippen molar-refractivity contribution >= 4 is 21.1 Å². The number of hydrogen-bond donors (Lipinski definition) is 1. The third-order valence-corrected chi connectivity index (χ3v) is 9.11. The number of aryl methyl sites for hydroxylation is 2. The SMILES string of the molecule is CCCc1nn(C)c2c(=O)[nH]c(-c3cc(S(=O)(=O)N(CCN4CCOCC4)Cc4ccncc4)ccc3OCC)nc12. The molecule has 12 nitrogen and oxygen atoms in total. The maximum atomic E-state index is 14.2. The number of morpholine rings is 1. The first-order chi connectivity index (χ1) is 20.3. The predicted octanol–water partition coefficient (Wildman–Crippen LogP) is 2.59. The van der Waals surface area contributed by atoms with E-state index in [4.69, 9.17) is 14.5 Å². The van der Waals surface area contributed by atoms with E-state index >= 15 is 0 Å². The van der Waals surface area contributed by atoms with E-state index in [9.17, 15) is 13.2 Å². The molecule has 0 atom stereocenters. The quantitative estimate of drug-likeness (QED) is 0.262. The van der Waals surface area contributed by atoms with Crippen LogP contribution >= 0.6 is 0 Å². The van der Waals surface area contributed by atoms with Crippen molar-refractivity contribution in [2.45, 2.75) is 38.1 Å². The first-order valence-corrected chi connectivity index (χ1v) is 15.7. The van der Waals surface area contributed by atoms with Gasteiger partial charge in [-0.25, -0.2) is 13.4 Å². The number of aromatic nitrogens is 5. The van der Waals surface area contributed by atoms with E-state index in [1.165, 1.54) is 15.1 Å². The second-order valence-electron chi connectivity index (χ2n) is 10.2. The van der Waals surface area contributed by atoms with E-state index in [2.05, 4.69) is 20.0 Å². The Hall–Kier alpha value is -3.65. The Morgan fingerprint density at radius 1 is 1.12 bits per heavy atom. The monoisotopic (exact) mass is 595 g/mol. The second kappa shape index (κ2) is 13.1. The van der Waals surface area contributed by atoms with Gasteiger partial charge >= 0.3 is 0 Å². The molecular weight excluding hydrogens is 558 g/mol. The molecule has 0 spiro atoms. The molecular formula is C29H37N7O5S. The van der Waals surface area contributed by atoms with Crippen molar-refractivity contribution in [1.82, 2.24) is 33.9 Å². The summed E-state index contributed by atoms with van der Waals surface area (Å²) in [6, 6.07) is 8.33. The zero-order chi connectivity index (χ0) is 29.7. The van der Waals surface area contributed by atoms with Crippen LogP contribution < -0.4 is 10.3 Å². The minimum atomic E-state index is -3.96. The Bertz CT molecular complexity index is 1680. The molecule has 1 aromatic carbocycles. The number of nitrogens with zero attached hydrogens (tertiary/aromatic N) is 6. The molecule has 0 amide bonds. The summed E-state index contributed by atoms with van der Waals surface area (Å²) >= 11 is 0. The highest BCUT2D eigenvalue weighted by Gasteiger charge is 2.28. The van der Waals surface area contributed by atoms with Crippen LogP contribution in [0.3, 0.4) is 0 Å². The van der Waals surface area contributed by atoms with Gasteiger partial charge in [0.05, 0.1) is 36.0 Å². The Kier molecular flexibility index (Phi) is 9.31. The summed E-state index contributed by atoms with van der Waals surface area (Å²) in [4.78, 5) is 27.1. The van der Waals surface area contributed by atoms with Gasteiger partial charge in [-0.15, -0.1) is 0 Å². The third-order valence-electron chi connectivity index (χ3n) is 7.27. The molecule has 0 aliphatic carbocycles. The van der Waals surface area contributed by atoms with Crippen molar-refractivity contribution in [3.05, 3.63) is 64.3 Å². The highest BCUT2D eigenvalue weighted by Crippen LogP contribution is 2.32. The third kappa shape index (κ3) is 6.38. The summed E-state index contributed by atoms with van der Waals surface area (Å²) in [6.45, 7) is 8.07. The molecule has 42 heavy (non-hydrogen) atoms. The van der Waals surface area contributed by atoms with E-state index < -0.39 is 10.0 Å². The fourth-order valence-corrected chi connectivity index (χ4v) is 6.56. The van der Waals surface area contributed by atoms with Gasteiger partial charge in [0.25, 0.3) is 5.56 Å². The molecule has 1 saturated heterocycles. The molecule has 13 heteroatoms. The summed E-state index contributed by atoms with van der Waals surface area (Å²) in [5.41, 5.74) is 2.45. The molecule has 0 radical (unpaired) electrons. The fourth-order valence-electron chi connectivity index (χ4n) is 5.12. The largest absolute Gasteiger partial charge is 0.493 e. The van der Waals surface area contributed by atoms with Gasteiger partial charge in [-0.3, -0.25) is 19.4 Å². The van der Waals surface area contributed by atoms with Gasteiger partial charge in [0.15, 0.2) is 5.52 Å². The Labute approximate surface area is 245 Å². The van der Waals surface area contributed by atoms with Crippen LogP contribution in [0.4, 0.5) is 0 Å². The molecule has 3 aromatic heterocycles. The van der Waals surface area contributed by atoms with Crippen LogP contribution in [0, 0.1) is 0 Å². The van der Waals surface area contributed by atoms with E-state index in [-0.39, 0.29) is 22.8 Å². The highest BCUT2D eigenvalue weighted by molar-refractivity contribution is 7.89. The number of ether oxygens (including phenoxy) is 2. The summed E-state index contributed by atoms with van der Waals surface area (Å²) < 4.78 is 42.7. The van der Waals surface area contributed by atoms with Crippen molar-refractivity contribution in [3.63, 3.8) is 0 Å². The lowest BCUT2D eigenvalue weighted by molar-refractivity contribution is 0.0361. The van der Waals surface area contributed by atoms with Gasteiger partial charge in [-0.2, -0.15) is 9.40 Å². The number of H-pyrrole nitrogens is 1. The number of sulfonamides is 1. The lowest BCUT2D eigenvalue weighted by Crippen LogP contribution is -2.42. The van der Waals surface area contributed by atoms with Crippen LogP contribution in [0.2, 0.25) is 0 Å². The fraction of sp³-hybridized carbons (Fsp3) is 0.448. The molecule has 1 aliphatic rings. The minimum absolute atomic E-state index is 0.0831. The lowest BCUT2D eigenvalue weighted by atomic mass is 10.1. The molecule has 1 fully saturated rings. The first-order valence-electron chi connectivity index (χ1n) is 14.2. The predicted molar refractivity (Wildman–Crippen MR) is 159 cm³/mol. The molecule has 0 unspecified atom stereocenters. The van der Waals surface area contributed by atoms with Gasteiger partial charge in [0.2, 0.25) is 10.0 Å². The molecule has 0 saturated carbocycles. The van der Waals surface area contributed by atoms with Crippen LogP contribution in [-0.2, 0) is 34.8 Å². The van der Waals surface area contributed by atoms with E-state index in [0.29, 0.717) is 61.7 Å². The van der Waals surface area contributed by atoms with Crippen LogP contribution in [0.1, 0.15) is 31.5 Å². The molecule has 4 heterocycles. The standard InChI is InChI=1S/C29H37N7O5S/c1-4-6-24-26-27(34(3)33-24)29(37)32-28(31-26)23-19-22(7-8-25(23)41-5-2)42(38,39)36(20-21-9-11-30-12-10-21)14-13-35-15-17-40-18-16-35/h7-12,19H,4-6,13-18,20H2,1-3H3,(H,31,32,37).